The molecule has 0 radical (unpaired) electrons. The third kappa shape index (κ3) is 10.7. The SMILES string of the molecule is C=C(C)C(=O)OCCOP(=O)(OCCCC)OCCCC. The normalized spacial score (nSPS) is 11.4. The molecule has 0 amide bonds. The van der Waals surface area contributed by atoms with Gasteiger partial charge in [0.2, 0.25) is 0 Å². The van der Waals surface area contributed by atoms with E-state index in [0.717, 1.165) is 25.7 Å². The first kappa shape index (κ1) is 20.3. The van der Waals surface area contributed by atoms with Gasteiger partial charge in [-0.25, -0.2) is 9.36 Å². The molecule has 0 saturated heterocycles. The first-order valence-corrected chi connectivity index (χ1v) is 8.77. The van der Waals surface area contributed by atoms with Crippen LogP contribution in [-0.2, 0) is 27.7 Å². The molecule has 0 atom stereocenters. The van der Waals surface area contributed by atoms with E-state index in [-0.39, 0.29) is 13.2 Å². The van der Waals surface area contributed by atoms with Gasteiger partial charge in [-0.2, -0.15) is 0 Å². The number of unbranched alkanes of at least 4 members (excludes halogenated alkanes) is 2. The minimum atomic E-state index is -3.58. The zero-order chi connectivity index (χ0) is 16.1. The van der Waals surface area contributed by atoms with Gasteiger partial charge in [0.25, 0.3) is 0 Å². The van der Waals surface area contributed by atoms with Gasteiger partial charge < -0.3 is 4.74 Å². The molecule has 0 aromatic rings. The zero-order valence-corrected chi connectivity index (χ0v) is 14.2. The molecule has 0 fully saturated rings. The summed E-state index contributed by atoms with van der Waals surface area (Å²) in [5.74, 6) is -0.507. The lowest BCUT2D eigenvalue weighted by Gasteiger charge is -2.17. The second-order valence-corrected chi connectivity index (χ2v) is 6.24. The maximum atomic E-state index is 12.3. The monoisotopic (exact) mass is 322 g/mol. The summed E-state index contributed by atoms with van der Waals surface area (Å²) in [6.45, 7) is 9.57. The Kier molecular flexibility index (Phi) is 11.5. The molecule has 0 unspecified atom stereocenters. The lowest BCUT2D eigenvalue weighted by Crippen LogP contribution is -2.12. The van der Waals surface area contributed by atoms with Crippen molar-refractivity contribution in [3.05, 3.63) is 12.2 Å². The fraction of sp³-hybridized carbons (Fsp3) is 0.786. The molecule has 0 aliphatic rings. The van der Waals surface area contributed by atoms with Crippen molar-refractivity contribution in [2.24, 2.45) is 0 Å². The first-order valence-electron chi connectivity index (χ1n) is 7.31. The van der Waals surface area contributed by atoms with Crippen LogP contribution in [0.3, 0.4) is 0 Å². The van der Waals surface area contributed by atoms with Crippen LogP contribution in [0.1, 0.15) is 46.5 Å². The number of carbonyl (C=O) groups excluding carboxylic acids is 1. The first-order chi connectivity index (χ1) is 9.95. The van der Waals surface area contributed by atoms with Crippen LogP contribution in [0.25, 0.3) is 0 Å². The van der Waals surface area contributed by atoms with Gasteiger partial charge in [0.05, 0.1) is 19.8 Å². The molecule has 7 heteroatoms. The Morgan fingerprint density at radius 2 is 1.43 bits per heavy atom. The lowest BCUT2D eigenvalue weighted by molar-refractivity contribution is -0.139. The van der Waals surface area contributed by atoms with Crippen molar-refractivity contribution >= 4 is 13.8 Å². The molecule has 0 aromatic heterocycles. The third-order valence-electron chi connectivity index (χ3n) is 2.41. The van der Waals surface area contributed by atoms with E-state index >= 15 is 0 Å². The maximum Gasteiger partial charge on any atom is 0.474 e. The predicted octanol–water partition coefficient (Wildman–Crippen LogP) is 3.86. The van der Waals surface area contributed by atoms with E-state index in [1.165, 1.54) is 0 Å². The summed E-state index contributed by atoms with van der Waals surface area (Å²) in [4.78, 5) is 11.2. The Bertz CT molecular complexity index is 341. The van der Waals surface area contributed by atoms with E-state index in [4.69, 9.17) is 18.3 Å². The summed E-state index contributed by atoms with van der Waals surface area (Å²) in [7, 11) is -3.58. The van der Waals surface area contributed by atoms with Gasteiger partial charge in [0, 0.05) is 5.57 Å². The van der Waals surface area contributed by atoms with Crippen LogP contribution in [0.2, 0.25) is 0 Å². The van der Waals surface area contributed by atoms with Crippen molar-refractivity contribution in [1.82, 2.24) is 0 Å². The summed E-state index contributed by atoms with van der Waals surface area (Å²) in [6, 6.07) is 0. The maximum absolute atomic E-state index is 12.3. The molecule has 0 bridgehead atoms. The van der Waals surface area contributed by atoms with E-state index in [2.05, 4.69) is 6.58 Å². The standard InChI is InChI=1S/C14H27O6P/c1-5-7-9-18-21(16,19-10-8-6-2)20-12-11-17-14(15)13(3)4/h3,5-12H2,1-2,4H3. The lowest BCUT2D eigenvalue weighted by atomic mass is 10.4. The highest BCUT2D eigenvalue weighted by Crippen LogP contribution is 2.49. The number of esters is 1. The Morgan fingerprint density at radius 1 is 0.952 bits per heavy atom. The van der Waals surface area contributed by atoms with Gasteiger partial charge in [-0.15, -0.1) is 0 Å². The van der Waals surface area contributed by atoms with Crippen LogP contribution in [0.15, 0.2) is 12.2 Å². The van der Waals surface area contributed by atoms with E-state index in [0.29, 0.717) is 18.8 Å². The average molecular weight is 322 g/mol. The molecule has 0 aliphatic carbocycles. The molecule has 0 saturated carbocycles. The zero-order valence-electron chi connectivity index (χ0n) is 13.3. The smallest absolute Gasteiger partial charge is 0.460 e. The molecule has 0 N–H and O–H groups in total. The summed E-state index contributed by atoms with van der Waals surface area (Å²) >= 11 is 0. The molecule has 0 heterocycles. The molecular formula is C14H27O6P. The van der Waals surface area contributed by atoms with Crippen molar-refractivity contribution < 1.29 is 27.7 Å². The highest BCUT2D eigenvalue weighted by Gasteiger charge is 2.26. The van der Waals surface area contributed by atoms with E-state index in [1.807, 2.05) is 13.8 Å². The van der Waals surface area contributed by atoms with Crippen molar-refractivity contribution in [2.45, 2.75) is 46.5 Å². The highest BCUT2D eigenvalue weighted by molar-refractivity contribution is 7.48. The van der Waals surface area contributed by atoms with Crippen LogP contribution in [0, 0.1) is 0 Å². The van der Waals surface area contributed by atoms with Gasteiger partial charge >= 0.3 is 13.8 Å². The average Bonchev–Trinajstić information content (AvgIpc) is 2.44. The number of carbonyl (C=O) groups is 1. The second kappa shape index (κ2) is 11.9. The molecule has 124 valence electrons. The molecule has 0 aromatic carbocycles. The molecule has 0 aliphatic heterocycles. The third-order valence-corrected chi connectivity index (χ3v) is 3.91. The van der Waals surface area contributed by atoms with E-state index in [1.54, 1.807) is 6.92 Å². The second-order valence-electron chi connectivity index (χ2n) is 4.57. The van der Waals surface area contributed by atoms with Crippen LogP contribution < -0.4 is 0 Å². The van der Waals surface area contributed by atoms with Crippen molar-refractivity contribution in [3.8, 4) is 0 Å². The number of hydrogen-bond acceptors (Lipinski definition) is 6. The highest BCUT2D eigenvalue weighted by atomic mass is 31.2. The summed E-state index contributed by atoms with van der Waals surface area (Å²) in [5, 5.41) is 0. The fourth-order valence-electron chi connectivity index (χ4n) is 1.16. The van der Waals surface area contributed by atoms with Gasteiger partial charge in [0.15, 0.2) is 0 Å². The van der Waals surface area contributed by atoms with Crippen LogP contribution in [-0.4, -0.2) is 32.4 Å². The molecule has 21 heavy (non-hydrogen) atoms. The van der Waals surface area contributed by atoms with Crippen molar-refractivity contribution in [3.63, 3.8) is 0 Å². The number of phosphoric acid groups is 1. The van der Waals surface area contributed by atoms with E-state index < -0.39 is 13.8 Å². The van der Waals surface area contributed by atoms with Gasteiger partial charge in [-0.3, -0.25) is 13.6 Å². The Labute approximate surface area is 127 Å². The fourth-order valence-corrected chi connectivity index (χ4v) is 2.39. The Balaban J connectivity index is 4.16. The number of phosphoric ester groups is 1. The van der Waals surface area contributed by atoms with Crippen LogP contribution in [0.5, 0.6) is 0 Å². The predicted molar refractivity (Wildman–Crippen MR) is 81.1 cm³/mol. The topological polar surface area (TPSA) is 71.1 Å². The Morgan fingerprint density at radius 3 is 1.86 bits per heavy atom. The quantitative estimate of drug-likeness (QED) is 0.222. The Hall–Kier alpha value is -0.680. The molecule has 6 nitrogen and oxygen atoms in total. The summed E-state index contributed by atoms with van der Waals surface area (Å²) in [5.41, 5.74) is 0.302. The number of ether oxygens (including phenoxy) is 1. The van der Waals surface area contributed by atoms with Gasteiger partial charge in [0.1, 0.15) is 6.61 Å². The minimum Gasteiger partial charge on any atom is -0.460 e. The van der Waals surface area contributed by atoms with Crippen LogP contribution >= 0.6 is 7.82 Å². The van der Waals surface area contributed by atoms with Crippen LogP contribution in [0.4, 0.5) is 0 Å². The molecule has 0 spiro atoms. The molecular weight excluding hydrogens is 295 g/mol. The number of rotatable bonds is 13. The largest absolute Gasteiger partial charge is 0.474 e. The summed E-state index contributed by atoms with van der Waals surface area (Å²) < 4.78 is 32.8. The van der Waals surface area contributed by atoms with Crippen molar-refractivity contribution in [2.75, 3.05) is 26.4 Å². The van der Waals surface area contributed by atoms with Gasteiger partial charge in [-0.1, -0.05) is 33.3 Å². The number of hydrogen-bond donors (Lipinski definition) is 0. The molecule has 0 rings (SSSR count). The van der Waals surface area contributed by atoms with Gasteiger partial charge in [-0.05, 0) is 19.8 Å². The van der Waals surface area contributed by atoms with E-state index in [9.17, 15) is 9.36 Å². The summed E-state index contributed by atoms with van der Waals surface area (Å²) in [6.07, 6.45) is 3.39. The van der Waals surface area contributed by atoms with Crippen molar-refractivity contribution in [1.29, 1.82) is 0 Å². The minimum absolute atomic E-state index is 0.0239.